The maximum Gasteiger partial charge on any atom is 0.212 e. The van der Waals surface area contributed by atoms with Gasteiger partial charge in [0.25, 0.3) is 0 Å². The average Bonchev–Trinajstić information content (AvgIpc) is 3.16. The lowest BCUT2D eigenvalue weighted by molar-refractivity contribution is -0.667. The van der Waals surface area contributed by atoms with Crippen LogP contribution in [0.5, 0.6) is 0 Å². The summed E-state index contributed by atoms with van der Waals surface area (Å²) < 4.78 is 223. The molecule has 0 unspecified atom stereocenters. The lowest BCUT2D eigenvalue weighted by Gasteiger charge is -2.44. The van der Waals surface area contributed by atoms with Gasteiger partial charge in [0.1, 0.15) is 47.6 Å². The van der Waals surface area contributed by atoms with E-state index in [-0.39, 0.29) is 0 Å². The Bertz CT molecular complexity index is 2120. The second kappa shape index (κ2) is 14.9. The number of pyridine rings is 1. The van der Waals surface area contributed by atoms with Gasteiger partial charge >= 0.3 is 0 Å². The van der Waals surface area contributed by atoms with Crippen LogP contribution in [0.15, 0.2) is 72.9 Å². The van der Waals surface area contributed by atoms with Crippen molar-refractivity contribution in [3.63, 3.8) is 0 Å². The van der Waals surface area contributed by atoms with E-state index in [4.69, 9.17) is 0 Å². The quantitative estimate of drug-likeness (QED) is 0.0531. The molecule has 0 saturated heterocycles. The Hall–Kier alpha value is -5.48. The molecule has 6 aromatic rings. The van der Waals surface area contributed by atoms with Crippen molar-refractivity contribution >= 4 is 33.4 Å². The van der Waals surface area contributed by atoms with Crippen LogP contribution in [0.3, 0.4) is 0 Å². The van der Waals surface area contributed by atoms with Crippen LogP contribution in [-0.2, 0) is 12.9 Å². The topological polar surface area (TPSA) is 3.88 Å². The first-order valence-corrected chi connectivity index (χ1v) is 15.2. The minimum Gasteiger partial charge on any atom is -0.207 e. The fourth-order valence-electron chi connectivity index (χ4n) is 6.37. The number of fused-ring (bicyclic) bond motifs is 1. The van der Waals surface area contributed by atoms with E-state index in [9.17, 15) is 39.5 Å². The molecule has 1 aromatic heterocycles. The Morgan fingerprint density at radius 3 is 1.09 bits per heavy atom. The van der Waals surface area contributed by atoms with Crippen LogP contribution < -0.4 is 21.0 Å². The van der Waals surface area contributed by atoms with Crippen LogP contribution in [0.1, 0.15) is 12.5 Å². The smallest absolute Gasteiger partial charge is 0.207 e. The summed E-state index contributed by atoms with van der Waals surface area (Å²) in [5, 5.41) is 1.31. The molecule has 17 heteroatoms. The third-order valence-corrected chi connectivity index (χ3v) is 8.72. The van der Waals surface area contributed by atoms with Crippen LogP contribution in [0.2, 0.25) is 0 Å². The molecule has 1 nitrogen and oxygen atoms in total. The zero-order valence-corrected chi connectivity index (χ0v) is 26.5. The summed E-state index contributed by atoms with van der Waals surface area (Å²) in [5.74, 6) is -45.2. The van der Waals surface area contributed by atoms with Gasteiger partial charge in [0.05, 0.1) is 0 Å². The number of benzene rings is 5. The van der Waals surface area contributed by atoms with Gasteiger partial charge in [-0.05, 0) is 19.1 Å². The van der Waals surface area contributed by atoms with Gasteiger partial charge in [-0.2, -0.15) is 4.57 Å². The van der Waals surface area contributed by atoms with Crippen LogP contribution >= 0.6 is 0 Å². The van der Waals surface area contributed by atoms with Gasteiger partial charge in [-0.15, -0.1) is 22.7 Å². The lowest BCUT2D eigenvalue weighted by Crippen LogP contribution is -2.74. The van der Waals surface area contributed by atoms with E-state index < -0.39 is 122 Å². The van der Waals surface area contributed by atoms with E-state index in [1.807, 2.05) is 0 Å². The number of aryl methyl sites for hydroxylation is 1. The molecule has 0 aliphatic heterocycles. The van der Waals surface area contributed by atoms with E-state index in [2.05, 4.69) is 54.1 Å². The molecule has 0 spiro atoms. The fourth-order valence-corrected chi connectivity index (χ4v) is 6.37. The molecule has 1 heterocycles. The van der Waals surface area contributed by atoms with Crippen molar-refractivity contribution < 1.29 is 70.4 Å². The van der Waals surface area contributed by atoms with Crippen LogP contribution in [-0.4, -0.2) is 6.15 Å². The molecule has 0 aliphatic carbocycles. The number of halogens is 15. The summed E-state index contributed by atoms with van der Waals surface area (Å²) in [6, 6.07) is 17.6. The van der Waals surface area contributed by atoms with Crippen molar-refractivity contribution in [3.05, 3.63) is 166 Å². The number of aromatic nitrogens is 1. The Balaban J connectivity index is 0.000000378. The molecule has 276 valence electrons. The Kier molecular flexibility index (Phi) is 10.9. The highest BCUT2D eigenvalue weighted by Crippen LogP contribution is 2.30. The molecular weight excluding hydrogens is 742 g/mol. The van der Waals surface area contributed by atoms with Crippen LogP contribution in [0, 0.1) is 87.3 Å². The SMILES string of the molecule is CC[n+]1cccc2ccccc21.Fc1c(F)c(F)c([B-](Cc2ccccc2)(c2c(F)c(F)c(F)c(F)c2F)c2c(F)c(F)c(F)c(F)c2F)c(F)c1F. The Morgan fingerprint density at radius 2 is 0.717 bits per heavy atom. The first-order valence-electron chi connectivity index (χ1n) is 15.2. The van der Waals surface area contributed by atoms with Crippen molar-refractivity contribution in [2.24, 2.45) is 0 Å². The molecule has 0 amide bonds. The minimum absolute atomic E-state index is 0.607. The number of hydrogen-bond donors (Lipinski definition) is 0. The van der Waals surface area contributed by atoms with Gasteiger partial charge in [0.2, 0.25) is 5.52 Å². The van der Waals surface area contributed by atoms with E-state index >= 15 is 26.3 Å². The Morgan fingerprint density at radius 1 is 0.396 bits per heavy atom. The highest BCUT2D eigenvalue weighted by atomic mass is 19.2. The van der Waals surface area contributed by atoms with Crippen LogP contribution in [0.4, 0.5) is 65.9 Å². The van der Waals surface area contributed by atoms with Gasteiger partial charge < -0.3 is 0 Å². The summed E-state index contributed by atoms with van der Waals surface area (Å²) >= 11 is 0. The van der Waals surface area contributed by atoms with Gasteiger partial charge in [0, 0.05) is 17.5 Å². The van der Waals surface area contributed by atoms with Gasteiger partial charge in [-0.25, -0.2) is 65.9 Å². The van der Waals surface area contributed by atoms with Crippen molar-refractivity contribution in [3.8, 4) is 0 Å². The molecule has 0 bridgehead atoms. The summed E-state index contributed by atoms with van der Waals surface area (Å²) in [7, 11) is 0. The maximum absolute atomic E-state index is 15.3. The molecule has 0 radical (unpaired) electrons. The van der Waals surface area contributed by atoms with Gasteiger partial charge in [-0.3, -0.25) is 0 Å². The van der Waals surface area contributed by atoms with Crippen molar-refractivity contribution in [2.45, 2.75) is 19.8 Å². The summed E-state index contributed by atoms with van der Waals surface area (Å²) in [5.41, 5.74) is -7.18. The minimum atomic E-state index is -5.59. The first kappa shape index (κ1) is 38.7. The predicted octanol–water partition coefficient (Wildman–Crippen LogP) is 8.17. The molecule has 6 rings (SSSR count). The highest BCUT2D eigenvalue weighted by Gasteiger charge is 2.48. The number of hydrogen-bond acceptors (Lipinski definition) is 0. The average molecular weight is 761 g/mol. The predicted molar refractivity (Wildman–Crippen MR) is 163 cm³/mol. The second-order valence-corrected chi connectivity index (χ2v) is 11.5. The van der Waals surface area contributed by atoms with E-state index in [0.29, 0.717) is 0 Å². The normalized spacial score (nSPS) is 11.5. The van der Waals surface area contributed by atoms with Crippen molar-refractivity contribution in [1.29, 1.82) is 0 Å². The number of para-hydroxylation sites is 1. The summed E-state index contributed by atoms with van der Waals surface area (Å²) in [4.78, 5) is 0. The summed E-state index contributed by atoms with van der Waals surface area (Å²) in [6.07, 6.45) is -5.30. The molecule has 5 aromatic carbocycles. The lowest BCUT2D eigenvalue weighted by atomic mass is 9.13. The first-order chi connectivity index (χ1) is 25.0. The molecule has 0 aliphatic rings. The largest absolute Gasteiger partial charge is 0.212 e. The maximum atomic E-state index is 15.3. The molecule has 0 saturated carbocycles. The molecule has 0 atom stereocenters. The second-order valence-electron chi connectivity index (χ2n) is 11.5. The van der Waals surface area contributed by atoms with Gasteiger partial charge in [-0.1, -0.05) is 48.0 Å². The third kappa shape index (κ3) is 6.35. The molecular formula is C36H19BF15N. The number of rotatable bonds is 6. The third-order valence-electron chi connectivity index (χ3n) is 8.72. The highest BCUT2D eigenvalue weighted by molar-refractivity contribution is 7.11. The van der Waals surface area contributed by atoms with E-state index in [0.717, 1.165) is 30.8 Å². The standard InChI is InChI=1S/C25H7BF15.C11H12N/c27-11-8(12(28)18(34)23(39)17(11)33)26(6-7-4-2-1-3-5-7,9-13(29)19(35)24(40)20(36)14(9)30)10-15(31)21(37)25(41)22(38)16(10)32;1-2-12-9-5-7-10-6-3-4-8-11(10)12/h1-5H,6H2;3-9H,2H2,1H3/q-1;+1. The zero-order chi connectivity index (χ0) is 39.1. The van der Waals surface area contributed by atoms with E-state index in [1.165, 1.54) is 17.0 Å². The number of nitrogens with zero attached hydrogens (tertiary/aromatic N) is 1. The van der Waals surface area contributed by atoms with Crippen LogP contribution in [0.25, 0.3) is 10.9 Å². The Labute approximate surface area is 289 Å². The van der Waals surface area contributed by atoms with E-state index in [1.54, 1.807) is 0 Å². The zero-order valence-electron chi connectivity index (χ0n) is 26.5. The molecule has 0 N–H and O–H groups in total. The molecule has 0 fully saturated rings. The fraction of sp³-hybridized carbons (Fsp3) is 0.0833. The monoisotopic (exact) mass is 761 g/mol. The van der Waals surface area contributed by atoms with Crippen molar-refractivity contribution in [2.75, 3.05) is 0 Å². The molecule has 53 heavy (non-hydrogen) atoms. The summed E-state index contributed by atoms with van der Waals surface area (Å²) in [6.45, 7) is 3.19. The van der Waals surface area contributed by atoms with Gasteiger partial charge in [0.15, 0.2) is 58.6 Å². The van der Waals surface area contributed by atoms with Crippen molar-refractivity contribution in [1.82, 2.24) is 0 Å².